The van der Waals surface area contributed by atoms with E-state index >= 15 is 0 Å². The topological polar surface area (TPSA) is 0 Å². The normalized spacial score (nSPS) is 13.9. The molecular weight excluding hydrogens is 551 g/mol. The SMILES string of the molecule is CC(C)(C)c1cccc(-c2c[cH-]c3ccccc23)c1.CC1=[C-]C(C)C(C)=C1C.Cl.Cl.[CH3-].[CH3-].[Si]=[Zr]. The van der Waals surface area contributed by atoms with Crippen LogP contribution in [0.1, 0.15) is 54.0 Å². The Balaban J connectivity index is -0.000000555. The van der Waals surface area contributed by atoms with Crippen LogP contribution < -0.4 is 0 Å². The van der Waals surface area contributed by atoms with E-state index in [1.54, 1.807) is 0 Å². The maximum atomic E-state index is 3.36. The molecule has 0 N–H and O–H groups in total. The van der Waals surface area contributed by atoms with Gasteiger partial charge in [-0.05, 0) is 11.0 Å². The van der Waals surface area contributed by atoms with E-state index in [0.29, 0.717) is 5.92 Å². The molecule has 0 aliphatic heterocycles. The van der Waals surface area contributed by atoms with Crippen molar-refractivity contribution in [1.29, 1.82) is 0 Å². The number of hydrogen-bond donors (Lipinski definition) is 0. The number of benzene rings is 2. The summed E-state index contributed by atoms with van der Waals surface area (Å²) in [6, 6.07) is 21.9. The summed E-state index contributed by atoms with van der Waals surface area (Å²) in [6.45, 7) is 18.5. The van der Waals surface area contributed by atoms with E-state index in [9.17, 15) is 0 Å². The predicted molar refractivity (Wildman–Crippen MR) is 157 cm³/mol. The minimum absolute atomic E-state index is 0. The first-order chi connectivity index (χ1) is 14.2. The van der Waals surface area contributed by atoms with Crippen molar-refractivity contribution in [3.63, 3.8) is 0 Å². The first-order valence-electron chi connectivity index (χ1n) is 10.5. The third-order valence-corrected chi connectivity index (χ3v) is 5.96. The van der Waals surface area contributed by atoms with Gasteiger partial charge in [0.1, 0.15) is 0 Å². The Morgan fingerprint density at radius 2 is 1.50 bits per heavy atom. The quantitative estimate of drug-likeness (QED) is 0.196. The molecule has 1 aliphatic rings. The molecule has 4 heteroatoms. The summed E-state index contributed by atoms with van der Waals surface area (Å²) >= 11 is 1.36. The van der Waals surface area contributed by atoms with Crippen LogP contribution in [0.4, 0.5) is 0 Å². The van der Waals surface area contributed by atoms with Crippen LogP contribution in [0.5, 0.6) is 0 Å². The molecule has 0 amide bonds. The van der Waals surface area contributed by atoms with Crippen LogP contribution in [-0.4, -0.2) is 6.88 Å². The van der Waals surface area contributed by atoms with Gasteiger partial charge in [-0.1, -0.05) is 83.4 Å². The second-order valence-electron chi connectivity index (χ2n) is 8.96. The molecule has 34 heavy (non-hydrogen) atoms. The van der Waals surface area contributed by atoms with E-state index < -0.39 is 0 Å². The Hall–Kier alpha value is -0.790. The van der Waals surface area contributed by atoms with Gasteiger partial charge in [0.15, 0.2) is 0 Å². The summed E-state index contributed by atoms with van der Waals surface area (Å²) in [5.74, 6) is 0.560. The van der Waals surface area contributed by atoms with Gasteiger partial charge in [0.2, 0.25) is 0 Å². The number of rotatable bonds is 1. The van der Waals surface area contributed by atoms with Crippen molar-refractivity contribution in [2.24, 2.45) is 5.92 Å². The standard InChI is InChI=1S/C19H19.C9H13.2CH3.2ClH.Si.Zr/c1-19(2,3)16-9-6-8-15(13-16)18-12-11-14-7-4-5-10-17(14)18;1-6-5-7(2)9(4)8(6)3;;;;;;/h4-13H,1-3H3;6H,1-4H3;2*1H3;2*1H;;/q4*-1;;;;. The molecule has 3 aromatic rings. The zero-order valence-corrected chi connectivity index (χ0v) is 27.3. The van der Waals surface area contributed by atoms with Gasteiger partial charge in [-0.15, -0.1) is 78.4 Å². The molecule has 0 aromatic heterocycles. The van der Waals surface area contributed by atoms with Crippen molar-refractivity contribution in [3.05, 3.63) is 104 Å². The molecular formula is C30H40Cl2SiZr-4. The monoisotopic (exact) mass is 588 g/mol. The fourth-order valence-corrected chi connectivity index (χ4v) is 3.72. The fraction of sp³-hybridized carbons (Fsp3) is 0.300. The van der Waals surface area contributed by atoms with Crippen LogP contribution >= 0.6 is 24.8 Å². The minimum atomic E-state index is 0. The first kappa shape index (κ1) is 37.8. The third-order valence-electron chi connectivity index (χ3n) is 5.96. The number of halogens is 2. The molecule has 1 atom stereocenters. The van der Waals surface area contributed by atoms with Crippen molar-refractivity contribution in [2.45, 2.75) is 53.9 Å². The molecule has 0 saturated carbocycles. The molecule has 0 spiro atoms. The number of fused-ring (bicyclic) bond motifs is 1. The van der Waals surface area contributed by atoms with Gasteiger partial charge in [-0.2, -0.15) is 11.1 Å². The first-order valence-corrected chi connectivity index (χ1v) is 14.7. The Kier molecular flexibility index (Phi) is 18.7. The Bertz CT molecular complexity index is 1070. The molecule has 0 nitrogen and oxygen atoms in total. The maximum absolute atomic E-state index is 3.36. The van der Waals surface area contributed by atoms with E-state index in [1.165, 1.54) is 67.5 Å². The van der Waals surface area contributed by atoms with Crippen LogP contribution in [0, 0.1) is 26.8 Å². The summed E-state index contributed by atoms with van der Waals surface area (Å²) in [5, 5.41) is 2.66. The summed E-state index contributed by atoms with van der Waals surface area (Å²) in [6.07, 6.45) is 3.36. The van der Waals surface area contributed by atoms with Crippen LogP contribution in [0.2, 0.25) is 0 Å². The average Bonchev–Trinajstić information content (AvgIpc) is 3.26. The van der Waals surface area contributed by atoms with E-state index in [1.807, 2.05) is 0 Å². The van der Waals surface area contributed by atoms with Gasteiger partial charge in [-0.3, -0.25) is 6.08 Å². The van der Waals surface area contributed by atoms with Gasteiger partial charge < -0.3 is 14.9 Å². The molecule has 1 aliphatic carbocycles. The second kappa shape index (κ2) is 16.8. The van der Waals surface area contributed by atoms with Crippen molar-refractivity contribution in [3.8, 4) is 11.1 Å². The van der Waals surface area contributed by atoms with Gasteiger partial charge >= 0.3 is 30.2 Å². The molecule has 0 saturated heterocycles. The predicted octanol–water partition coefficient (Wildman–Crippen LogP) is 9.61. The third kappa shape index (κ3) is 9.34. The molecule has 186 valence electrons. The molecule has 0 fully saturated rings. The van der Waals surface area contributed by atoms with Crippen LogP contribution in [0.3, 0.4) is 0 Å². The van der Waals surface area contributed by atoms with Gasteiger partial charge in [0, 0.05) is 0 Å². The molecule has 0 bridgehead atoms. The van der Waals surface area contributed by atoms with E-state index in [0.717, 1.165) is 0 Å². The van der Waals surface area contributed by atoms with Gasteiger partial charge in [0.05, 0.1) is 0 Å². The van der Waals surface area contributed by atoms with Crippen LogP contribution in [0.15, 0.2) is 77.4 Å². The van der Waals surface area contributed by atoms with Crippen molar-refractivity contribution in [2.75, 3.05) is 0 Å². The van der Waals surface area contributed by atoms with Crippen molar-refractivity contribution < 1.29 is 23.3 Å². The van der Waals surface area contributed by atoms with Crippen LogP contribution in [-0.2, 0) is 28.8 Å². The van der Waals surface area contributed by atoms with Gasteiger partial charge in [-0.25, -0.2) is 5.57 Å². The molecule has 4 rings (SSSR count). The average molecular weight is 591 g/mol. The van der Waals surface area contributed by atoms with Crippen molar-refractivity contribution >= 4 is 42.5 Å². The zero-order chi connectivity index (χ0) is 22.5. The molecule has 2 radical (unpaired) electrons. The van der Waals surface area contributed by atoms with Gasteiger partial charge in [0.25, 0.3) is 0 Å². The summed E-state index contributed by atoms with van der Waals surface area (Å²) < 4.78 is 0. The molecule has 3 aromatic carbocycles. The summed E-state index contributed by atoms with van der Waals surface area (Å²) in [4.78, 5) is 0. The van der Waals surface area contributed by atoms with E-state index in [-0.39, 0.29) is 45.1 Å². The van der Waals surface area contributed by atoms with Crippen LogP contribution in [0.25, 0.3) is 21.9 Å². The zero-order valence-electron chi connectivity index (χ0n) is 22.2. The molecule has 0 heterocycles. The Labute approximate surface area is 239 Å². The van der Waals surface area contributed by atoms with E-state index in [4.69, 9.17) is 0 Å². The van der Waals surface area contributed by atoms with E-state index in [2.05, 4.69) is 122 Å². The number of hydrogen-bond acceptors (Lipinski definition) is 0. The summed E-state index contributed by atoms with van der Waals surface area (Å²) in [5.41, 5.74) is 8.47. The number of allylic oxidation sites excluding steroid dienone is 4. The van der Waals surface area contributed by atoms with Crippen molar-refractivity contribution in [1.82, 2.24) is 0 Å². The Morgan fingerprint density at radius 3 is 1.97 bits per heavy atom. The summed E-state index contributed by atoms with van der Waals surface area (Å²) in [7, 11) is 0. The fourth-order valence-electron chi connectivity index (χ4n) is 3.72. The Morgan fingerprint density at radius 1 is 0.912 bits per heavy atom. The second-order valence-corrected chi connectivity index (χ2v) is 8.96. The molecule has 1 unspecified atom stereocenters.